The van der Waals surface area contributed by atoms with Gasteiger partial charge in [0, 0.05) is 5.25 Å². The zero-order chi connectivity index (χ0) is 13.1. The van der Waals surface area contributed by atoms with Gasteiger partial charge in [-0.25, -0.2) is 0 Å². The molecule has 0 aromatic heterocycles. The molecule has 94 valence electrons. The van der Waals surface area contributed by atoms with Crippen LogP contribution in [0.3, 0.4) is 0 Å². The van der Waals surface area contributed by atoms with Crippen LogP contribution in [-0.2, 0) is 4.79 Å². The predicted molar refractivity (Wildman–Crippen MR) is 60.0 cm³/mol. The number of hydrogen-bond donors (Lipinski definition) is 2. The molecule has 1 rings (SSSR count). The summed E-state index contributed by atoms with van der Waals surface area (Å²) in [4.78, 5) is 10.6. The number of benzene rings is 1. The lowest BCUT2D eigenvalue weighted by Gasteiger charge is -2.19. The molecule has 0 spiro atoms. The lowest BCUT2D eigenvalue weighted by atomic mass is 9.98. The molecule has 0 amide bonds. The van der Waals surface area contributed by atoms with Gasteiger partial charge in [0.05, 0.1) is 0 Å². The summed E-state index contributed by atoms with van der Waals surface area (Å²) < 4.78 is 37.3. The molecule has 0 aliphatic heterocycles. The highest BCUT2D eigenvalue weighted by molar-refractivity contribution is 7.80. The van der Waals surface area contributed by atoms with E-state index in [2.05, 4.69) is 12.6 Å². The third kappa shape index (κ3) is 3.96. The molecule has 1 aromatic rings. The number of aliphatic carboxylic acids is 1. The Hall–Kier alpha value is -1.17. The second-order valence-electron chi connectivity index (χ2n) is 3.59. The van der Waals surface area contributed by atoms with Crippen molar-refractivity contribution in [3.05, 3.63) is 35.9 Å². The highest BCUT2D eigenvalue weighted by Gasteiger charge is 2.45. The molecule has 0 radical (unpaired) electrons. The van der Waals surface area contributed by atoms with Gasteiger partial charge >= 0.3 is 12.1 Å². The first-order chi connectivity index (χ1) is 7.82. The van der Waals surface area contributed by atoms with Crippen LogP contribution in [0.2, 0.25) is 0 Å². The van der Waals surface area contributed by atoms with Gasteiger partial charge in [0.1, 0.15) is 0 Å². The van der Waals surface area contributed by atoms with E-state index >= 15 is 0 Å². The van der Waals surface area contributed by atoms with Gasteiger partial charge in [-0.3, -0.25) is 4.79 Å². The summed E-state index contributed by atoms with van der Waals surface area (Å²) in [6, 6.07) is 8.30. The highest BCUT2D eigenvalue weighted by atomic mass is 32.1. The van der Waals surface area contributed by atoms with Gasteiger partial charge in [0.25, 0.3) is 0 Å². The van der Waals surface area contributed by atoms with Crippen LogP contribution >= 0.6 is 12.6 Å². The molecule has 0 aliphatic carbocycles. The Morgan fingerprint density at radius 2 is 1.82 bits per heavy atom. The molecule has 2 nitrogen and oxygen atoms in total. The molecule has 0 unspecified atom stereocenters. The van der Waals surface area contributed by atoms with Crippen LogP contribution < -0.4 is 0 Å². The molecule has 0 fully saturated rings. The van der Waals surface area contributed by atoms with Crippen molar-refractivity contribution in [3.63, 3.8) is 0 Å². The van der Waals surface area contributed by atoms with Crippen LogP contribution in [-0.4, -0.2) is 17.3 Å². The Kier molecular flexibility index (Phi) is 4.45. The van der Waals surface area contributed by atoms with Crippen LogP contribution in [0.5, 0.6) is 0 Å². The smallest absolute Gasteiger partial charge is 0.402 e. The summed E-state index contributed by atoms with van der Waals surface area (Å²) in [5.74, 6) is -4.25. The molecule has 1 aromatic carbocycles. The van der Waals surface area contributed by atoms with Crippen molar-refractivity contribution < 1.29 is 23.1 Å². The Labute approximate surface area is 102 Å². The van der Waals surface area contributed by atoms with E-state index < -0.39 is 29.7 Å². The van der Waals surface area contributed by atoms with Crippen molar-refractivity contribution in [1.29, 1.82) is 0 Å². The minimum absolute atomic E-state index is 0.575. The summed E-state index contributed by atoms with van der Waals surface area (Å²) in [5.41, 5.74) is 0.575. The summed E-state index contributed by atoms with van der Waals surface area (Å²) in [6.07, 6.45) is -5.33. The highest BCUT2D eigenvalue weighted by Crippen LogP contribution is 2.36. The number of alkyl halides is 3. The monoisotopic (exact) mass is 264 g/mol. The van der Waals surface area contributed by atoms with Gasteiger partial charge in [0.2, 0.25) is 0 Å². The fourth-order valence-electron chi connectivity index (χ4n) is 1.41. The number of thiol groups is 1. The largest absolute Gasteiger partial charge is 0.481 e. The van der Waals surface area contributed by atoms with E-state index in [0.717, 1.165) is 0 Å². The second-order valence-corrected chi connectivity index (χ2v) is 4.22. The standard InChI is InChI=1S/C11H11F3O2S/c12-11(13,14)8(10(15)16)6-9(17)7-4-2-1-3-5-7/h1-5,8-9,17H,6H2,(H,15,16)/t8-,9-/m0/s1. The van der Waals surface area contributed by atoms with Crippen LogP contribution in [0.15, 0.2) is 30.3 Å². The van der Waals surface area contributed by atoms with Gasteiger partial charge in [-0.1, -0.05) is 30.3 Å². The average Bonchev–Trinajstić information content (AvgIpc) is 2.24. The first-order valence-electron chi connectivity index (χ1n) is 4.85. The first kappa shape index (κ1) is 13.9. The Morgan fingerprint density at radius 1 is 1.29 bits per heavy atom. The number of hydrogen-bond acceptors (Lipinski definition) is 2. The Balaban J connectivity index is 2.79. The maximum Gasteiger partial charge on any atom is 0.402 e. The normalized spacial score (nSPS) is 15.3. The fourth-order valence-corrected chi connectivity index (χ4v) is 1.79. The third-order valence-electron chi connectivity index (χ3n) is 2.34. The number of halogens is 3. The maximum atomic E-state index is 12.4. The van der Waals surface area contributed by atoms with Crippen LogP contribution in [0.1, 0.15) is 17.2 Å². The van der Waals surface area contributed by atoms with Gasteiger partial charge in [-0.2, -0.15) is 25.8 Å². The summed E-state index contributed by atoms with van der Waals surface area (Å²) in [5, 5.41) is 7.80. The van der Waals surface area contributed by atoms with Crippen molar-refractivity contribution in [2.24, 2.45) is 5.92 Å². The zero-order valence-electron chi connectivity index (χ0n) is 8.69. The van der Waals surface area contributed by atoms with Crippen molar-refractivity contribution in [2.45, 2.75) is 17.8 Å². The molecule has 0 heterocycles. The molecule has 17 heavy (non-hydrogen) atoms. The number of carboxylic acid groups (broad SMARTS) is 1. The SMILES string of the molecule is O=C(O)[C@H](C[C@H](S)c1ccccc1)C(F)(F)F. The van der Waals surface area contributed by atoms with Gasteiger partial charge in [-0.15, -0.1) is 0 Å². The van der Waals surface area contributed by atoms with Gasteiger partial charge in [0.15, 0.2) is 5.92 Å². The average molecular weight is 264 g/mol. The van der Waals surface area contributed by atoms with E-state index in [1.54, 1.807) is 30.3 Å². The van der Waals surface area contributed by atoms with Crippen LogP contribution in [0.25, 0.3) is 0 Å². The maximum absolute atomic E-state index is 12.4. The lowest BCUT2D eigenvalue weighted by Crippen LogP contribution is -2.31. The van der Waals surface area contributed by atoms with E-state index in [1.807, 2.05) is 0 Å². The van der Waals surface area contributed by atoms with Crippen molar-refractivity contribution >= 4 is 18.6 Å². The zero-order valence-corrected chi connectivity index (χ0v) is 9.58. The summed E-state index contributed by atoms with van der Waals surface area (Å²) in [6.45, 7) is 0. The van der Waals surface area contributed by atoms with E-state index in [-0.39, 0.29) is 0 Å². The fraction of sp³-hybridized carbons (Fsp3) is 0.364. The number of carboxylic acids is 1. The molecule has 0 bridgehead atoms. The molecule has 0 saturated heterocycles. The minimum atomic E-state index is -4.75. The van der Waals surface area contributed by atoms with Gasteiger partial charge < -0.3 is 5.11 Å². The number of carbonyl (C=O) groups is 1. The molecule has 2 atom stereocenters. The molecular formula is C11H11F3O2S. The minimum Gasteiger partial charge on any atom is -0.481 e. The van der Waals surface area contributed by atoms with Crippen molar-refractivity contribution in [3.8, 4) is 0 Å². The van der Waals surface area contributed by atoms with E-state index in [4.69, 9.17) is 5.11 Å². The number of rotatable bonds is 4. The molecule has 1 N–H and O–H groups in total. The molecule has 0 aliphatic rings. The Bertz CT molecular complexity index is 378. The first-order valence-corrected chi connectivity index (χ1v) is 5.36. The van der Waals surface area contributed by atoms with E-state index in [0.29, 0.717) is 5.56 Å². The lowest BCUT2D eigenvalue weighted by molar-refractivity contribution is -0.194. The Morgan fingerprint density at radius 3 is 2.24 bits per heavy atom. The summed E-state index contributed by atoms with van der Waals surface area (Å²) in [7, 11) is 0. The van der Waals surface area contributed by atoms with E-state index in [1.165, 1.54) is 0 Å². The van der Waals surface area contributed by atoms with E-state index in [9.17, 15) is 18.0 Å². The topological polar surface area (TPSA) is 37.3 Å². The van der Waals surface area contributed by atoms with Crippen LogP contribution in [0.4, 0.5) is 13.2 Å². The van der Waals surface area contributed by atoms with Gasteiger partial charge in [-0.05, 0) is 12.0 Å². The molecule has 0 saturated carbocycles. The predicted octanol–water partition coefficient (Wildman–Crippen LogP) is 3.31. The van der Waals surface area contributed by atoms with Crippen molar-refractivity contribution in [2.75, 3.05) is 0 Å². The molecule has 6 heteroatoms. The van der Waals surface area contributed by atoms with Crippen molar-refractivity contribution in [1.82, 2.24) is 0 Å². The molecular weight excluding hydrogens is 253 g/mol. The van der Waals surface area contributed by atoms with Crippen LogP contribution in [0, 0.1) is 5.92 Å². The second kappa shape index (κ2) is 5.44. The summed E-state index contributed by atoms with van der Waals surface area (Å²) >= 11 is 4.02. The third-order valence-corrected chi connectivity index (χ3v) is 2.85. The quantitative estimate of drug-likeness (QED) is 0.819.